The van der Waals surface area contributed by atoms with Gasteiger partial charge in [0, 0.05) is 22.7 Å². The number of carbonyl (C=O) groups excluding carboxylic acids is 1. The van der Waals surface area contributed by atoms with Crippen molar-refractivity contribution in [1.29, 1.82) is 0 Å². The summed E-state index contributed by atoms with van der Waals surface area (Å²) >= 11 is 0. The van der Waals surface area contributed by atoms with Gasteiger partial charge < -0.3 is 10.3 Å². The quantitative estimate of drug-likeness (QED) is 0.792. The van der Waals surface area contributed by atoms with Gasteiger partial charge in [0.25, 0.3) is 0 Å². The molecule has 0 unspecified atom stereocenters. The van der Waals surface area contributed by atoms with Crippen LogP contribution in [0.1, 0.15) is 5.56 Å². The number of hydrogen-bond acceptors (Lipinski definition) is 2. The second-order valence-corrected chi connectivity index (χ2v) is 4.26. The normalized spacial score (nSPS) is 12.5. The molecule has 1 amide bonds. The number of halogens is 6. The maximum absolute atomic E-state index is 12.9. The van der Waals surface area contributed by atoms with Crippen molar-refractivity contribution in [3.63, 3.8) is 0 Å². The van der Waals surface area contributed by atoms with Crippen molar-refractivity contribution < 1.29 is 31.1 Å². The van der Waals surface area contributed by atoms with Crippen LogP contribution in [0.4, 0.5) is 32.0 Å². The van der Waals surface area contributed by atoms with E-state index >= 15 is 0 Å². The molecular formula is C12H6F6N2O2. The summed E-state index contributed by atoms with van der Waals surface area (Å²) in [7, 11) is 0. The number of fused-ring (bicyclic) bond motifs is 1. The highest BCUT2D eigenvalue weighted by Crippen LogP contribution is 2.34. The molecule has 0 aliphatic heterocycles. The molecule has 0 radical (unpaired) electrons. The van der Waals surface area contributed by atoms with Gasteiger partial charge in [-0.1, -0.05) is 0 Å². The van der Waals surface area contributed by atoms with Crippen LogP contribution in [0, 0.1) is 0 Å². The third-order valence-electron chi connectivity index (χ3n) is 2.66. The van der Waals surface area contributed by atoms with Crippen LogP contribution < -0.4 is 10.9 Å². The Labute approximate surface area is 117 Å². The average molecular weight is 324 g/mol. The van der Waals surface area contributed by atoms with Gasteiger partial charge in [0.15, 0.2) is 0 Å². The van der Waals surface area contributed by atoms with E-state index < -0.39 is 40.5 Å². The van der Waals surface area contributed by atoms with Crippen LogP contribution in [0.25, 0.3) is 10.9 Å². The Hall–Kier alpha value is -2.52. The van der Waals surface area contributed by atoms with E-state index in [1.165, 1.54) is 5.32 Å². The van der Waals surface area contributed by atoms with E-state index in [1.54, 1.807) is 0 Å². The lowest BCUT2D eigenvalue weighted by atomic mass is 10.1. The lowest BCUT2D eigenvalue weighted by Gasteiger charge is -2.12. The molecule has 0 fully saturated rings. The maximum atomic E-state index is 12.9. The molecule has 4 nitrogen and oxygen atoms in total. The Bertz CT molecular complexity index is 791. The summed E-state index contributed by atoms with van der Waals surface area (Å²) in [5.41, 5.74) is -3.02. The molecule has 2 N–H and O–H groups in total. The molecule has 0 saturated heterocycles. The minimum absolute atomic E-state index is 0.218. The van der Waals surface area contributed by atoms with E-state index in [0.29, 0.717) is 6.07 Å². The minimum atomic E-state index is -5.17. The molecule has 2 aromatic rings. The fraction of sp³-hybridized carbons (Fsp3) is 0.167. The molecular weight excluding hydrogens is 318 g/mol. The van der Waals surface area contributed by atoms with E-state index in [-0.39, 0.29) is 11.6 Å². The highest BCUT2D eigenvalue weighted by atomic mass is 19.4. The van der Waals surface area contributed by atoms with E-state index in [9.17, 15) is 35.9 Å². The average Bonchev–Trinajstić information content (AvgIpc) is 2.36. The third kappa shape index (κ3) is 3.21. The van der Waals surface area contributed by atoms with Crippen LogP contribution in [0.2, 0.25) is 0 Å². The molecule has 22 heavy (non-hydrogen) atoms. The summed E-state index contributed by atoms with van der Waals surface area (Å²) < 4.78 is 75.0. The summed E-state index contributed by atoms with van der Waals surface area (Å²) in [6.45, 7) is 0. The first-order valence-corrected chi connectivity index (χ1v) is 5.61. The second-order valence-electron chi connectivity index (χ2n) is 4.26. The number of rotatable bonds is 1. The van der Waals surface area contributed by atoms with Crippen molar-refractivity contribution in [3.8, 4) is 0 Å². The number of nitrogens with one attached hydrogen (secondary N) is 2. The van der Waals surface area contributed by atoms with Gasteiger partial charge in [-0.3, -0.25) is 9.59 Å². The van der Waals surface area contributed by atoms with Crippen molar-refractivity contribution in [3.05, 3.63) is 40.2 Å². The first-order chi connectivity index (χ1) is 9.98. The fourth-order valence-electron chi connectivity index (χ4n) is 1.77. The van der Waals surface area contributed by atoms with Crippen molar-refractivity contribution in [1.82, 2.24) is 4.98 Å². The largest absolute Gasteiger partial charge is 0.471 e. The second kappa shape index (κ2) is 5.04. The number of hydrogen-bond donors (Lipinski definition) is 2. The fourth-order valence-corrected chi connectivity index (χ4v) is 1.77. The Balaban J connectivity index is 2.56. The zero-order valence-electron chi connectivity index (χ0n) is 10.4. The molecule has 2 rings (SSSR count). The smallest absolute Gasteiger partial charge is 0.322 e. The van der Waals surface area contributed by atoms with E-state index in [0.717, 1.165) is 12.1 Å². The number of anilines is 1. The number of amides is 1. The first kappa shape index (κ1) is 15.9. The molecule has 1 heterocycles. The van der Waals surface area contributed by atoms with Gasteiger partial charge in [0.1, 0.15) is 0 Å². The van der Waals surface area contributed by atoms with E-state index in [1.807, 2.05) is 0 Å². The molecule has 0 spiro atoms. The van der Waals surface area contributed by atoms with Crippen molar-refractivity contribution in [2.45, 2.75) is 12.4 Å². The maximum Gasteiger partial charge on any atom is 0.471 e. The van der Waals surface area contributed by atoms with Gasteiger partial charge in [-0.2, -0.15) is 26.3 Å². The molecule has 0 aliphatic carbocycles. The van der Waals surface area contributed by atoms with Gasteiger partial charge in [0.05, 0.1) is 5.56 Å². The Morgan fingerprint density at radius 3 is 2.23 bits per heavy atom. The summed E-state index contributed by atoms with van der Waals surface area (Å²) in [5.74, 6) is -2.31. The lowest BCUT2D eigenvalue weighted by molar-refractivity contribution is -0.167. The number of aromatic nitrogens is 1. The topological polar surface area (TPSA) is 62.0 Å². The number of aromatic amines is 1. The van der Waals surface area contributed by atoms with Crippen LogP contribution >= 0.6 is 0 Å². The lowest BCUT2D eigenvalue weighted by Crippen LogP contribution is -2.29. The molecule has 118 valence electrons. The number of pyridine rings is 1. The molecule has 10 heteroatoms. The van der Waals surface area contributed by atoms with Crippen LogP contribution in [0.15, 0.2) is 29.1 Å². The number of H-pyrrole nitrogens is 1. The highest BCUT2D eigenvalue weighted by Gasteiger charge is 2.39. The molecule has 1 aromatic carbocycles. The predicted molar refractivity (Wildman–Crippen MR) is 64.3 cm³/mol. The monoisotopic (exact) mass is 324 g/mol. The minimum Gasteiger partial charge on any atom is -0.322 e. The molecule has 0 bridgehead atoms. The highest BCUT2D eigenvalue weighted by molar-refractivity contribution is 5.97. The van der Waals surface area contributed by atoms with Gasteiger partial charge in [-0.05, 0) is 18.2 Å². The van der Waals surface area contributed by atoms with E-state index in [2.05, 4.69) is 4.98 Å². The summed E-state index contributed by atoms with van der Waals surface area (Å²) in [4.78, 5) is 24.1. The van der Waals surface area contributed by atoms with Crippen LogP contribution in [0.3, 0.4) is 0 Å². The summed E-state index contributed by atoms with van der Waals surface area (Å²) in [5, 5.41) is 0.909. The first-order valence-electron chi connectivity index (χ1n) is 5.61. The summed E-state index contributed by atoms with van der Waals surface area (Å²) in [6.07, 6.45) is -10.0. The predicted octanol–water partition coefficient (Wildman–Crippen LogP) is 3.05. The zero-order chi connectivity index (χ0) is 16.7. The Morgan fingerprint density at radius 1 is 1.05 bits per heavy atom. The molecule has 1 aromatic heterocycles. The third-order valence-corrected chi connectivity index (χ3v) is 2.66. The Kier molecular flexibility index (Phi) is 3.63. The van der Waals surface area contributed by atoms with Crippen LogP contribution in [-0.4, -0.2) is 17.1 Å². The van der Waals surface area contributed by atoms with Crippen LogP contribution in [-0.2, 0) is 11.0 Å². The summed E-state index contributed by atoms with van der Waals surface area (Å²) in [6, 6.07) is 2.91. The van der Waals surface area contributed by atoms with Crippen LogP contribution in [0.5, 0.6) is 0 Å². The molecule has 0 saturated carbocycles. The standard InChI is InChI=1S/C12H6F6N2O2/c13-11(14,15)7-4-9(21)20-8-2-1-5(3-6(7)8)19-10(22)12(16,17)18/h1-4H,(H,19,22)(H,20,21). The molecule has 0 aliphatic rings. The van der Waals surface area contributed by atoms with Crippen molar-refractivity contribution in [2.75, 3.05) is 5.32 Å². The van der Waals surface area contributed by atoms with Gasteiger partial charge in [-0.25, -0.2) is 0 Å². The number of carbonyl (C=O) groups is 1. The Morgan fingerprint density at radius 2 is 1.68 bits per heavy atom. The molecule has 0 atom stereocenters. The van der Waals surface area contributed by atoms with Gasteiger partial charge >= 0.3 is 18.3 Å². The van der Waals surface area contributed by atoms with Crippen molar-refractivity contribution >= 4 is 22.5 Å². The van der Waals surface area contributed by atoms with Gasteiger partial charge in [-0.15, -0.1) is 0 Å². The van der Waals surface area contributed by atoms with Gasteiger partial charge in [0.2, 0.25) is 5.56 Å². The number of benzene rings is 1. The van der Waals surface area contributed by atoms with Crippen molar-refractivity contribution in [2.24, 2.45) is 0 Å². The zero-order valence-corrected chi connectivity index (χ0v) is 10.4. The number of alkyl halides is 6. The SMILES string of the molecule is O=C(Nc1ccc2[nH]c(=O)cc(C(F)(F)F)c2c1)C(F)(F)F. The van der Waals surface area contributed by atoms with E-state index in [4.69, 9.17) is 0 Å².